The van der Waals surface area contributed by atoms with Crippen LogP contribution in [0.4, 0.5) is 15.8 Å². The SMILES string of the molecule is CCCn1nc(C(=O)Nc2ccc(OC)c(NC(=O)c3cccc(F)c3)c2)c2ccccc2c1=O. The van der Waals surface area contributed by atoms with Crippen LogP contribution < -0.4 is 20.9 Å². The lowest BCUT2D eigenvalue weighted by molar-refractivity contribution is 0.101. The molecule has 4 rings (SSSR count). The molecular formula is C26H23FN4O4. The van der Waals surface area contributed by atoms with E-state index in [0.29, 0.717) is 35.2 Å². The van der Waals surface area contributed by atoms with Crippen molar-refractivity contribution in [2.24, 2.45) is 0 Å². The van der Waals surface area contributed by atoms with Crippen LogP contribution in [0.1, 0.15) is 34.2 Å². The molecule has 2 N–H and O–H groups in total. The van der Waals surface area contributed by atoms with Crippen molar-refractivity contribution < 1.29 is 18.7 Å². The van der Waals surface area contributed by atoms with E-state index in [1.165, 1.54) is 36.1 Å². The van der Waals surface area contributed by atoms with Crippen LogP contribution in [0.5, 0.6) is 5.75 Å². The zero-order valence-electron chi connectivity index (χ0n) is 19.2. The Labute approximate surface area is 200 Å². The molecule has 35 heavy (non-hydrogen) atoms. The van der Waals surface area contributed by atoms with Crippen LogP contribution in [0.25, 0.3) is 10.8 Å². The third kappa shape index (κ3) is 5.03. The first-order chi connectivity index (χ1) is 16.9. The number of nitrogens with one attached hydrogen (secondary N) is 2. The molecule has 0 fully saturated rings. The fourth-order valence-corrected chi connectivity index (χ4v) is 3.66. The second-order valence-corrected chi connectivity index (χ2v) is 7.76. The second-order valence-electron chi connectivity index (χ2n) is 7.76. The van der Waals surface area contributed by atoms with Crippen molar-refractivity contribution in [1.82, 2.24) is 9.78 Å². The van der Waals surface area contributed by atoms with Gasteiger partial charge in [-0.05, 0) is 48.9 Å². The summed E-state index contributed by atoms with van der Waals surface area (Å²) in [6, 6.07) is 16.8. The number of amides is 2. The highest BCUT2D eigenvalue weighted by atomic mass is 19.1. The lowest BCUT2D eigenvalue weighted by atomic mass is 10.1. The molecule has 4 aromatic rings. The van der Waals surface area contributed by atoms with Gasteiger partial charge in [0.2, 0.25) is 0 Å². The van der Waals surface area contributed by atoms with Crippen molar-refractivity contribution in [3.8, 4) is 5.75 Å². The highest BCUT2D eigenvalue weighted by molar-refractivity contribution is 6.11. The molecule has 0 spiro atoms. The molecule has 0 aliphatic carbocycles. The second kappa shape index (κ2) is 10.2. The molecule has 1 aromatic heterocycles. The minimum Gasteiger partial charge on any atom is -0.495 e. The molecule has 0 bridgehead atoms. The number of methoxy groups -OCH3 is 1. The first-order valence-electron chi connectivity index (χ1n) is 11.0. The molecule has 0 saturated carbocycles. The summed E-state index contributed by atoms with van der Waals surface area (Å²) < 4.78 is 20.1. The number of carbonyl (C=O) groups excluding carboxylic acids is 2. The van der Waals surface area contributed by atoms with Crippen LogP contribution in [0.3, 0.4) is 0 Å². The Bertz CT molecular complexity index is 1480. The summed E-state index contributed by atoms with van der Waals surface area (Å²) >= 11 is 0. The van der Waals surface area contributed by atoms with Gasteiger partial charge in [-0.1, -0.05) is 31.2 Å². The fraction of sp³-hybridized carbons (Fsp3) is 0.154. The number of halogens is 1. The Morgan fingerprint density at radius 1 is 0.971 bits per heavy atom. The molecular weight excluding hydrogens is 451 g/mol. The summed E-state index contributed by atoms with van der Waals surface area (Å²) in [5, 5.41) is 10.6. The van der Waals surface area contributed by atoms with Crippen LogP contribution in [0, 0.1) is 5.82 Å². The van der Waals surface area contributed by atoms with Gasteiger partial charge in [-0.2, -0.15) is 5.10 Å². The van der Waals surface area contributed by atoms with Gasteiger partial charge in [0.15, 0.2) is 5.69 Å². The lowest BCUT2D eigenvalue weighted by Crippen LogP contribution is -2.27. The quantitative estimate of drug-likeness (QED) is 0.412. The average molecular weight is 474 g/mol. The van der Waals surface area contributed by atoms with E-state index in [2.05, 4.69) is 15.7 Å². The number of hydrogen-bond donors (Lipinski definition) is 2. The third-order valence-corrected chi connectivity index (χ3v) is 5.31. The number of fused-ring (bicyclic) bond motifs is 1. The van der Waals surface area contributed by atoms with E-state index in [-0.39, 0.29) is 22.5 Å². The molecule has 0 radical (unpaired) electrons. The van der Waals surface area contributed by atoms with E-state index >= 15 is 0 Å². The number of aryl methyl sites for hydroxylation is 1. The molecule has 0 aliphatic heterocycles. The normalized spacial score (nSPS) is 10.7. The fourth-order valence-electron chi connectivity index (χ4n) is 3.66. The zero-order chi connectivity index (χ0) is 24.9. The van der Waals surface area contributed by atoms with E-state index in [1.54, 1.807) is 36.4 Å². The number of benzene rings is 3. The molecule has 1 heterocycles. The number of rotatable bonds is 7. The van der Waals surface area contributed by atoms with Gasteiger partial charge in [-0.3, -0.25) is 14.4 Å². The maximum Gasteiger partial charge on any atom is 0.276 e. The number of hydrogen-bond acceptors (Lipinski definition) is 5. The van der Waals surface area contributed by atoms with Gasteiger partial charge in [-0.25, -0.2) is 9.07 Å². The summed E-state index contributed by atoms with van der Waals surface area (Å²) in [6.45, 7) is 2.29. The molecule has 0 saturated heterocycles. The number of ether oxygens (including phenoxy) is 1. The largest absolute Gasteiger partial charge is 0.495 e. The maximum absolute atomic E-state index is 13.5. The number of anilines is 2. The minimum atomic E-state index is -0.537. The van der Waals surface area contributed by atoms with Crippen LogP contribution >= 0.6 is 0 Å². The van der Waals surface area contributed by atoms with E-state index in [0.717, 1.165) is 6.07 Å². The number of aromatic nitrogens is 2. The van der Waals surface area contributed by atoms with Crippen LogP contribution in [0.15, 0.2) is 71.5 Å². The molecule has 2 amide bonds. The van der Waals surface area contributed by atoms with Gasteiger partial charge in [-0.15, -0.1) is 0 Å². The highest BCUT2D eigenvalue weighted by Crippen LogP contribution is 2.29. The zero-order valence-corrected chi connectivity index (χ0v) is 19.2. The molecule has 8 nitrogen and oxygen atoms in total. The third-order valence-electron chi connectivity index (χ3n) is 5.31. The summed E-state index contributed by atoms with van der Waals surface area (Å²) in [5.41, 5.74) is 0.633. The Kier molecular flexibility index (Phi) is 6.86. The molecule has 3 aromatic carbocycles. The van der Waals surface area contributed by atoms with Crippen LogP contribution in [0.2, 0.25) is 0 Å². The van der Waals surface area contributed by atoms with Gasteiger partial charge in [0.25, 0.3) is 17.4 Å². The smallest absolute Gasteiger partial charge is 0.276 e. The van der Waals surface area contributed by atoms with Gasteiger partial charge in [0, 0.05) is 23.2 Å². The van der Waals surface area contributed by atoms with E-state index in [4.69, 9.17) is 4.74 Å². The van der Waals surface area contributed by atoms with E-state index < -0.39 is 17.6 Å². The van der Waals surface area contributed by atoms with Crippen LogP contribution in [-0.2, 0) is 6.54 Å². The van der Waals surface area contributed by atoms with Crippen molar-refractivity contribution in [2.45, 2.75) is 19.9 Å². The number of nitrogens with zero attached hydrogens (tertiary/aromatic N) is 2. The molecule has 0 aliphatic rings. The van der Waals surface area contributed by atoms with E-state index in [9.17, 15) is 18.8 Å². The Hall–Kier alpha value is -4.53. The van der Waals surface area contributed by atoms with Crippen molar-refractivity contribution >= 4 is 34.0 Å². The first-order valence-corrected chi connectivity index (χ1v) is 11.0. The van der Waals surface area contributed by atoms with Crippen molar-refractivity contribution in [3.05, 3.63) is 94.2 Å². The predicted molar refractivity (Wildman–Crippen MR) is 132 cm³/mol. The summed E-state index contributed by atoms with van der Waals surface area (Å²) in [4.78, 5) is 38.5. The van der Waals surface area contributed by atoms with Gasteiger partial charge < -0.3 is 15.4 Å². The minimum absolute atomic E-state index is 0.106. The van der Waals surface area contributed by atoms with Gasteiger partial charge >= 0.3 is 0 Å². The molecule has 178 valence electrons. The standard InChI is InChI=1S/C26H23FN4O4/c1-3-13-31-26(34)20-10-5-4-9-19(20)23(30-31)25(33)28-18-11-12-22(35-2)21(15-18)29-24(32)16-7-6-8-17(27)14-16/h4-12,14-15H,3,13H2,1-2H3,(H,28,33)(H,29,32). The molecule has 0 unspecified atom stereocenters. The number of carbonyl (C=O) groups is 2. The van der Waals surface area contributed by atoms with Crippen LogP contribution in [-0.4, -0.2) is 28.7 Å². The summed E-state index contributed by atoms with van der Waals surface area (Å²) in [5.74, 6) is -1.23. The van der Waals surface area contributed by atoms with Gasteiger partial charge in [0.1, 0.15) is 11.6 Å². The monoisotopic (exact) mass is 474 g/mol. The Morgan fingerprint density at radius 2 is 1.74 bits per heavy atom. The highest BCUT2D eigenvalue weighted by Gasteiger charge is 2.18. The predicted octanol–water partition coefficient (Wildman–Crippen LogP) is 4.46. The first kappa shape index (κ1) is 23.6. The Balaban J connectivity index is 1.65. The summed E-state index contributed by atoms with van der Waals surface area (Å²) in [6.07, 6.45) is 0.680. The van der Waals surface area contributed by atoms with Crippen molar-refractivity contribution in [3.63, 3.8) is 0 Å². The van der Waals surface area contributed by atoms with Crippen molar-refractivity contribution in [2.75, 3.05) is 17.7 Å². The Morgan fingerprint density at radius 3 is 2.46 bits per heavy atom. The average Bonchev–Trinajstić information content (AvgIpc) is 2.86. The van der Waals surface area contributed by atoms with Gasteiger partial charge in [0.05, 0.1) is 18.2 Å². The summed E-state index contributed by atoms with van der Waals surface area (Å²) in [7, 11) is 1.44. The molecule has 0 atom stereocenters. The van der Waals surface area contributed by atoms with Crippen molar-refractivity contribution in [1.29, 1.82) is 0 Å². The topological polar surface area (TPSA) is 102 Å². The lowest BCUT2D eigenvalue weighted by Gasteiger charge is -2.14. The maximum atomic E-state index is 13.5. The molecule has 9 heteroatoms. The van der Waals surface area contributed by atoms with E-state index in [1.807, 2.05) is 6.92 Å².